The van der Waals surface area contributed by atoms with Crippen LogP contribution >= 0.6 is 11.8 Å². The van der Waals surface area contributed by atoms with Gasteiger partial charge >= 0.3 is 0 Å². The lowest BCUT2D eigenvalue weighted by Gasteiger charge is -2.18. The van der Waals surface area contributed by atoms with E-state index < -0.39 is 0 Å². The third-order valence-electron chi connectivity index (χ3n) is 1.83. The topological polar surface area (TPSA) is 12.0 Å². The van der Waals surface area contributed by atoms with Crippen molar-refractivity contribution in [3.63, 3.8) is 0 Å². The van der Waals surface area contributed by atoms with Crippen molar-refractivity contribution in [3.05, 3.63) is 18.0 Å². The van der Waals surface area contributed by atoms with E-state index in [1.54, 1.807) is 0 Å². The monoisotopic (exact) mass is 139 g/mol. The Morgan fingerprint density at radius 3 is 3.22 bits per heavy atom. The van der Waals surface area contributed by atoms with Crippen molar-refractivity contribution in [2.24, 2.45) is 0 Å². The molecule has 2 rings (SSSR count). The molecule has 2 radical (unpaired) electrons. The minimum Gasteiger partial charge on any atom is -0.294 e. The lowest BCUT2D eigenvalue weighted by Crippen LogP contribution is -2.29. The maximum atomic E-state index is 3.22. The molecule has 1 saturated heterocycles. The molecule has 2 unspecified atom stereocenters. The molecule has 9 heavy (non-hydrogen) atoms. The first-order chi connectivity index (χ1) is 4.47. The Hall–Kier alpha value is 0.0500. The summed E-state index contributed by atoms with van der Waals surface area (Å²) in [4.78, 5) is 0. The number of rotatable bonds is 0. The van der Waals surface area contributed by atoms with Crippen LogP contribution in [0, 0.1) is 5.88 Å². The van der Waals surface area contributed by atoms with Gasteiger partial charge in [0.2, 0.25) is 0 Å². The Balaban J connectivity index is 2.07. The van der Waals surface area contributed by atoms with Crippen LogP contribution in [-0.2, 0) is 0 Å². The molecule has 0 aromatic heterocycles. The first-order valence-electron chi connectivity index (χ1n) is 3.28. The highest BCUT2D eigenvalue weighted by molar-refractivity contribution is 8.02. The van der Waals surface area contributed by atoms with E-state index in [0.717, 1.165) is 5.25 Å². The number of thioether (sulfide) groups is 1. The van der Waals surface area contributed by atoms with Gasteiger partial charge in [0.1, 0.15) is 5.88 Å². The SMILES string of the molecule is [C]1NC2CC=CCC2S1. The van der Waals surface area contributed by atoms with Crippen molar-refractivity contribution < 1.29 is 0 Å². The predicted molar refractivity (Wildman–Crippen MR) is 39.9 cm³/mol. The molecule has 1 aliphatic carbocycles. The van der Waals surface area contributed by atoms with Crippen LogP contribution in [0.15, 0.2) is 12.2 Å². The van der Waals surface area contributed by atoms with E-state index in [0.29, 0.717) is 6.04 Å². The summed E-state index contributed by atoms with van der Waals surface area (Å²) in [7, 11) is 0. The van der Waals surface area contributed by atoms with E-state index in [1.165, 1.54) is 12.8 Å². The molecule has 2 aliphatic rings. The van der Waals surface area contributed by atoms with Gasteiger partial charge in [0, 0.05) is 11.3 Å². The molecule has 1 heterocycles. The van der Waals surface area contributed by atoms with E-state index in [1.807, 2.05) is 11.8 Å². The first-order valence-corrected chi connectivity index (χ1v) is 4.16. The molecule has 2 heteroatoms. The second kappa shape index (κ2) is 2.35. The summed E-state index contributed by atoms with van der Waals surface area (Å²) in [5.41, 5.74) is 0. The third kappa shape index (κ3) is 1.01. The molecule has 0 aromatic carbocycles. The molecule has 0 saturated carbocycles. The van der Waals surface area contributed by atoms with Gasteiger partial charge in [-0.3, -0.25) is 5.32 Å². The quantitative estimate of drug-likeness (QED) is 0.509. The van der Waals surface area contributed by atoms with E-state index in [-0.39, 0.29) is 0 Å². The highest BCUT2D eigenvalue weighted by atomic mass is 32.2. The molecule has 0 aromatic rings. The number of nitrogens with one attached hydrogen (secondary N) is 1. The van der Waals surface area contributed by atoms with Gasteiger partial charge in [-0.05, 0) is 12.8 Å². The molecule has 1 N–H and O–H groups in total. The minimum absolute atomic E-state index is 0.681. The van der Waals surface area contributed by atoms with E-state index in [9.17, 15) is 0 Å². The zero-order chi connectivity index (χ0) is 6.10. The molecular weight excluding hydrogens is 130 g/mol. The van der Waals surface area contributed by atoms with Crippen LogP contribution in [0.25, 0.3) is 0 Å². The van der Waals surface area contributed by atoms with Crippen molar-refractivity contribution in [2.45, 2.75) is 24.1 Å². The fourth-order valence-corrected chi connectivity index (χ4v) is 2.18. The highest BCUT2D eigenvalue weighted by Crippen LogP contribution is 2.31. The molecule has 0 amide bonds. The van der Waals surface area contributed by atoms with E-state index in [4.69, 9.17) is 0 Å². The van der Waals surface area contributed by atoms with Crippen LogP contribution < -0.4 is 5.32 Å². The van der Waals surface area contributed by atoms with Gasteiger partial charge in [-0.15, -0.1) is 11.8 Å². The standard InChI is InChI=1S/C7H9NS/c1-2-4-7-6(3-1)8-5-9-7/h1-2,6-8H,3-4H2. The highest BCUT2D eigenvalue weighted by Gasteiger charge is 2.27. The summed E-state index contributed by atoms with van der Waals surface area (Å²) < 4.78 is 0. The van der Waals surface area contributed by atoms with Gasteiger partial charge in [-0.25, -0.2) is 0 Å². The van der Waals surface area contributed by atoms with Crippen molar-refractivity contribution in [3.8, 4) is 0 Å². The average molecular weight is 139 g/mol. The summed E-state index contributed by atoms with van der Waals surface area (Å²) in [5, 5.41) is 3.99. The van der Waals surface area contributed by atoms with E-state index >= 15 is 0 Å². The zero-order valence-electron chi connectivity index (χ0n) is 5.13. The summed E-state index contributed by atoms with van der Waals surface area (Å²) in [6.07, 6.45) is 6.92. The number of hydrogen-bond donors (Lipinski definition) is 1. The van der Waals surface area contributed by atoms with Crippen LogP contribution in [0.2, 0.25) is 0 Å². The van der Waals surface area contributed by atoms with E-state index in [2.05, 4.69) is 23.3 Å². The second-order valence-electron chi connectivity index (χ2n) is 2.45. The van der Waals surface area contributed by atoms with Crippen molar-refractivity contribution >= 4 is 11.8 Å². The second-order valence-corrected chi connectivity index (χ2v) is 3.50. The van der Waals surface area contributed by atoms with Crippen molar-refractivity contribution in [1.82, 2.24) is 5.32 Å². The summed E-state index contributed by atoms with van der Waals surface area (Å²) in [6.45, 7) is 0. The Morgan fingerprint density at radius 1 is 1.44 bits per heavy atom. The van der Waals surface area contributed by atoms with Crippen LogP contribution in [0.3, 0.4) is 0 Å². The molecule has 0 spiro atoms. The van der Waals surface area contributed by atoms with Gasteiger partial charge in [-0.2, -0.15) is 0 Å². The van der Waals surface area contributed by atoms with Gasteiger partial charge in [0.05, 0.1) is 0 Å². The molecule has 0 bridgehead atoms. The van der Waals surface area contributed by atoms with Crippen LogP contribution in [-0.4, -0.2) is 11.3 Å². The molecule has 1 fully saturated rings. The molecule has 1 nitrogen and oxygen atoms in total. The largest absolute Gasteiger partial charge is 0.294 e. The Labute approximate surface area is 59.9 Å². The molecule has 48 valence electrons. The van der Waals surface area contributed by atoms with Crippen molar-refractivity contribution in [2.75, 3.05) is 0 Å². The third-order valence-corrected chi connectivity index (χ3v) is 2.89. The number of allylic oxidation sites excluding steroid dienone is 1. The van der Waals surface area contributed by atoms with Gasteiger partial charge in [0.15, 0.2) is 0 Å². The van der Waals surface area contributed by atoms with Crippen molar-refractivity contribution in [1.29, 1.82) is 0 Å². The fraction of sp³-hybridized carbons (Fsp3) is 0.571. The molecule has 2 atom stereocenters. The minimum atomic E-state index is 0.681. The van der Waals surface area contributed by atoms with Gasteiger partial charge in [0.25, 0.3) is 0 Å². The maximum absolute atomic E-state index is 3.22. The van der Waals surface area contributed by atoms with Crippen LogP contribution in [0.5, 0.6) is 0 Å². The summed E-state index contributed by atoms with van der Waals surface area (Å²) in [6, 6.07) is 0.681. The Morgan fingerprint density at radius 2 is 2.33 bits per heavy atom. The molecule has 1 aliphatic heterocycles. The zero-order valence-corrected chi connectivity index (χ0v) is 5.95. The van der Waals surface area contributed by atoms with Crippen LogP contribution in [0.1, 0.15) is 12.8 Å². The Bertz CT molecular complexity index is 119. The number of hydrogen-bond acceptors (Lipinski definition) is 2. The lowest BCUT2D eigenvalue weighted by molar-refractivity contribution is 0.565. The number of fused-ring (bicyclic) bond motifs is 1. The first kappa shape index (κ1) is 5.81. The smallest absolute Gasteiger partial charge is 0.127 e. The average Bonchev–Trinajstić information content (AvgIpc) is 2.33. The van der Waals surface area contributed by atoms with Crippen LogP contribution in [0.4, 0.5) is 0 Å². The summed E-state index contributed by atoms with van der Waals surface area (Å²) >= 11 is 1.81. The maximum Gasteiger partial charge on any atom is 0.127 e. The lowest BCUT2D eigenvalue weighted by atomic mass is 10.0. The van der Waals surface area contributed by atoms with Gasteiger partial charge in [-0.1, -0.05) is 12.2 Å². The predicted octanol–water partition coefficient (Wildman–Crippen LogP) is 1.41. The Kier molecular flexibility index (Phi) is 1.52. The van der Waals surface area contributed by atoms with Gasteiger partial charge < -0.3 is 0 Å². The molecular formula is C7H9NS. The fourth-order valence-electron chi connectivity index (χ4n) is 1.26. The summed E-state index contributed by atoms with van der Waals surface area (Å²) in [5.74, 6) is 3.09. The normalized spacial score (nSPS) is 40.9.